The van der Waals surface area contributed by atoms with Crippen molar-refractivity contribution in [3.8, 4) is 0 Å². The zero-order valence-electron chi connectivity index (χ0n) is 18.6. The Morgan fingerprint density at radius 1 is 1.12 bits per heavy atom. The van der Waals surface area contributed by atoms with Gasteiger partial charge in [0.1, 0.15) is 17.9 Å². The first-order valence-electron chi connectivity index (χ1n) is 11.9. The zero-order valence-corrected chi connectivity index (χ0v) is 18.6. The summed E-state index contributed by atoms with van der Waals surface area (Å²) in [6, 6.07) is 7.55. The molecule has 3 heterocycles. The molecule has 0 radical (unpaired) electrons. The number of amides is 4. The maximum absolute atomic E-state index is 13.1. The van der Waals surface area contributed by atoms with E-state index in [1.807, 2.05) is 24.3 Å². The Hall–Kier alpha value is -2.90. The Morgan fingerprint density at radius 3 is 2.53 bits per heavy atom. The van der Waals surface area contributed by atoms with Crippen LogP contribution >= 0.6 is 0 Å². The lowest BCUT2D eigenvalue weighted by molar-refractivity contribution is -0.140. The monoisotopic (exact) mass is 437 g/mol. The van der Waals surface area contributed by atoms with E-state index in [0.29, 0.717) is 31.8 Å². The second kappa shape index (κ2) is 8.22. The maximum Gasteiger partial charge on any atom is 0.325 e. The molecule has 2 saturated heterocycles. The summed E-state index contributed by atoms with van der Waals surface area (Å²) in [4.78, 5) is 49.6. The molecule has 0 atom stereocenters. The normalized spacial score (nSPS) is 26.8. The summed E-state index contributed by atoms with van der Waals surface area (Å²) >= 11 is 0. The average Bonchev–Trinajstić information content (AvgIpc) is 3.35. The smallest absolute Gasteiger partial charge is 0.325 e. The molecule has 2 aliphatic heterocycles. The Morgan fingerprint density at radius 2 is 1.84 bits per heavy atom. The van der Waals surface area contributed by atoms with E-state index in [9.17, 15) is 14.4 Å². The molecular formula is C24H31N5O3. The van der Waals surface area contributed by atoms with E-state index in [2.05, 4.69) is 17.2 Å². The zero-order chi connectivity index (χ0) is 22.3. The Balaban J connectivity index is 1.18. The lowest BCUT2D eigenvalue weighted by atomic mass is 9.75. The number of aromatic nitrogens is 2. The van der Waals surface area contributed by atoms with E-state index < -0.39 is 11.6 Å². The van der Waals surface area contributed by atoms with Crippen molar-refractivity contribution in [3.63, 3.8) is 0 Å². The molecule has 5 rings (SSSR count). The van der Waals surface area contributed by atoms with E-state index in [1.54, 1.807) is 4.90 Å². The molecule has 2 N–H and O–H groups in total. The van der Waals surface area contributed by atoms with E-state index >= 15 is 0 Å². The highest BCUT2D eigenvalue weighted by Crippen LogP contribution is 2.37. The van der Waals surface area contributed by atoms with Gasteiger partial charge < -0.3 is 15.2 Å². The number of aromatic amines is 1. The van der Waals surface area contributed by atoms with Gasteiger partial charge >= 0.3 is 6.03 Å². The van der Waals surface area contributed by atoms with Gasteiger partial charge in [-0.25, -0.2) is 9.78 Å². The van der Waals surface area contributed by atoms with Crippen molar-refractivity contribution in [1.82, 2.24) is 25.1 Å². The second-order valence-electron chi connectivity index (χ2n) is 9.55. The first-order valence-corrected chi connectivity index (χ1v) is 11.9. The second-order valence-corrected chi connectivity index (χ2v) is 9.55. The Bertz CT molecular complexity index is 998. The lowest BCUT2D eigenvalue weighted by Crippen LogP contribution is -2.50. The molecule has 1 aromatic heterocycles. The molecular weight excluding hydrogens is 406 g/mol. The fraction of sp³-hybridized carbons (Fsp3) is 0.583. The molecule has 3 aliphatic rings. The lowest BCUT2D eigenvalue weighted by Gasteiger charge is -2.35. The van der Waals surface area contributed by atoms with Crippen molar-refractivity contribution in [2.75, 3.05) is 19.6 Å². The molecule has 0 unspecified atom stereocenters. The minimum atomic E-state index is -0.794. The average molecular weight is 438 g/mol. The summed E-state index contributed by atoms with van der Waals surface area (Å²) in [6.45, 7) is 3.21. The molecule has 170 valence electrons. The molecule has 1 aliphatic carbocycles. The van der Waals surface area contributed by atoms with Crippen LogP contribution in [0.4, 0.5) is 4.79 Å². The minimum Gasteiger partial charge on any atom is -0.342 e. The van der Waals surface area contributed by atoms with E-state index in [4.69, 9.17) is 4.98 Å². The van der Waals surface area contributed by atoms with Crippen molar-refractivity contribution >= 4 is 28.9 Å². The number of piperidine rings is 1. The van der Waals surface area contributed by atoms with Gasteiger partial charge in [-0.05, 0) is 56.6 Å². The molecule has 8 nitrogen and oxygen atoms in total. The number of H-pyrrole nitrogens is 1. The third kappa shape index (κ3) is 3.65. The number of carbonyl (C=O) groups excluding carboxylic acids is 3. The molecule has 1 spiro atoms. The van der Waals surface area contributed by atoms with Gasteiger partial charge in [0.2, 0.25) is 5.91 Å². The van der Waals surface area contributed by atoms with E-state index in [1.165, 1.54) is 0 Å². The Kier molecular flexibility index (Phi) is 5.39. The fourth-order valence-corrected chi connectivity index (χ4v) is 5.54. The number of imidazole rings is 1. The molecule has 4 amide bonds. The SMILES string of the molecule is CCC1CCC2(CC1)NC(=O)N(CC(=O)N1CCC(c3nc4ccccc4[nH]3)CC1)C2=O. The third-order valence-corrected chi connectivity index (χ3v) is 7.72. The van der Waals surface area contributed by atoms with Crippen molar-refractivity contribution in [2.45, 2.75) is 63.3 Å². The summed E-state index contributed by atoms with van der Waals surface area (Å²) in [5, 5.41) is 2.92. The largest absolute Gasteiger partial charge is 0.342 e. The molecule has 0 bridgehead atoms. The first kappa shape index (κ1) is 21.0. The number of imide groups is 1. The van der Waals surface area contributed by atoms with Gasteiger partial charge in [0.15, 0.2) is 0 Å². The van der Waals surface area contributed by atoms with E-state index in [0.717, 1.165) is 53.9 Å². The van der Waals surface area contributed by atoms with Gasteiger partial charge in [-0.3, -0.25) is 14.5 Å². The highest BCUT2D eigenvalue weighted by atomic mass is 16.2. The van der Waals surface area contributed by atoms with Crippen LogP contribution in [0.5, 0.6) is 0 Å². The van der Waals surface area contributed by atoms with Gasteiger partial charge in [-0.15, -0.1) is 0 Å². The van der Waals surface area contributed by atoms with Crippen LogP contribution in [0.3, 0.4) is 0 Å². The Labute approximate surface area is 187 Å². The number of rotatable bonds is 4. The van der Waals surface area contributed by atoms with Crippen LogP contribution in [0.25, 0.3) is 11.0 Å². The number of carbonyl (C=O) groups is 3. The highest BCUT2D eigenvalue weighted by Gasteiger charge is 2.52. The molecule has 3 fully saturated rings. The summed E-state index contributed by atoms with van der Waals surface area (Å²) in [6.07, 6.45) is 5.96. The quantitative estimate of drug-likeness (QED) is 0.718. The van der Waals surface area contributed by atoms with Crippen LogP contribution in [0.15, 0.2) is 24.3 Å². The number of nitrogens with one attached hydrogen (secondary N) is 2. The van der Waals surface area contributed by atoms with Gasteiger partial charge in [0.25, 0.3) is 5.91 Å². The van der Waals surface area contributed by atoms with Crippen LogP contribution in [-0.4, -0.2) is 62.8 Å². The van der Waals surface area contributed by atoms with Crippen molar-refractivity contribution in [2.24, 2.45) is 5.92 Å². The van der Waals surface area contributed by atoms with Crippen LogP contribution in [0, 0.1) is 5.92 Å². The predicted octanol–water partition coefficient (Wildman–Crippen LogP) is 3.16. The molecule has 2 aromatic rings. The summed E-state index contributed by atoms with van der Waals surface area (Å²) in [5.74, 6) is 1.49. The number of hydrogen-bond donors (Lipinski definition) is 2. The predicted molar refractivity (Wildman–Crippen MR) is 120 cm³/mol. The number of likely N-dealkylation sites (tertiary alicyclic amines) is 1. The summed E-state index contributed by atoms with van der Waals surface area (Å²) < 4.78 is 0. The number of urea groups is 1. The molecule has 8 heteroatoms. The first-order chi connectivity index (χ1) is 15.5. The van der Waals surface area contributed by atoms with Crippen LogP contribution in [0.2, 0.25) is 0 Å². The number of para-hydroxylation sites is 2. The third-order valence-electron chi connectivity index (χ3n) is 7.72. The van der Waals surface area contributed by atoms with Gasteiger partial charge in [0.05, 0.1) is 11.0 Å². The molecule has 32 heavy (non-hydrogen) atoms. The number of nitrogens with zero attached hydrogens (tertiary/aromatic N) is 3. The molecule has 1 aromatic carbocycles. The minimum absolute atomic E-state index is 0.157. The highest BCUT2D eigenvalue weighted by molar-refractivity contribution is 6.09. The van der Waals surface area contributed by atoms with Gasteiger partial charge in [-0.2, -0.15) is 0 Å². The molecule has 1 saturated carbocycles. The standard InChI is InChI=1S/C24H31N5O3/c1-2-16-7-11-24(12-8-16)22(31)29(23(32)27-24)15-20(30)28-13-9-17(10-14-28)21-25-18-5-3-4-6-19(18)26-21/h3-6,16-17H,2,7-15H2,1H3,(H,25,26)(H,27,32). The fourth-order valence-electron chi connectivity index (χ4n) is 5.54. The van der Waals surface area contributed by atoms with Gasteiger partial charge in [0, 0.05) is 19.0 Å². The summed E-state index contributed by atoms with van der Waals surface area (Å²) in [5.41, 5.74) is 1.19. The number of fused-ring (bicyclic) bond motifs is 1. The van der Waals surface area contributed by atoms with Crippen LogP contribution < -0.4 is 5.32 Å². The summed E-state index contributed by atoms with van der Waals surface area (Å²) in [7, 11) is 0. The maximum atomic E-state index is 13.1. The number of hydrogen-bond acceptors (Lipinski definition) is 4. The van der Waals surface area contributed by atoms with Gasteiger partial charge in [-0.1, -0.05) is 25.5 Å². The topological polar surface area (TPSA) is 98.4 Å². The van der Waals surface area contributed by atoms with E-state index in [-0.39, 0.29) is 24.3 Å². The van der Waals surface area contributed by atoms with Crippen LogP contribution in [-0.2, 0) is 9.59 Å². The van der Waals surface area contributed by atoms with Crippen molar-refractivity contribution < 1.29 is 14.4 Å². The van der Waals surface area contributed by atoms with Crippen molar-refractivity contribution in [3.05, 3.63) is 30.1 Å². The van der Waals surface area contributed by atoms with Crippen LogP contribution in [0.1, 0.15) is 63.6 Å². The van der Waals surface area contributed by atoms with Crippen molar-refractivity contribution in [1.29, 1.82) is 0 Å². The number of benzene rings is 1.